The van der Waals surface area contributed by atoms with E-state index >= 15 is 0 Å². The Labute approximate surface area is 91.2 Å². The first kappa shape index (κ1) is 10.9. The molecule has 3 nitrogen and oxygen atoms in total. The molecule has 15 heavy (non-hydrogen) atoms. The predicted molar refractivity (Wildman–Crippen MR) is 58.8 cm³/mol. The van der Waals surface area contributed by atoms with Crippen LogP contribution in [0.5, 0.6) is 0 Å². The van der Waals surface area contributed by atoms with Gasteiger partial charge < -0.3 is 10.4 Å². The minimum atomic E-state index is -0.653. The van der Waals surface area contributed by atoms with Gasteiger partial charge in [-0.05, 0) is 37.6 Å². The molecule has 0 bridgehead atoms. The van der Waals surface area contributed by atoms with E-state index in [1.807, 2.05) is 0 Å². The molecule has 0 radical (unpaired) electrons. The van der Waals surface area contributed by atoms with Crippen molar-refractivity contribution in [3.05, 3.63) is 0 Å². The van der Waals surface area contributed by atoms with Crippen LogP contribution in [-0.4, -0.2) is 23.7 Å². The van der Waals surface area contributed by atoms with Crippen molar-refractivity contribution in [1.29, 1.82) is 0 Å². The Kier molecular flexibility index (Phi) is 3.29. The lowest BCUT2D eigenvalue weighted by Crippen LogP contribution is -2.51. The van der Waals surface area contributed by atoms with Gasteiger partial charge in [-0.25, -0.2) is 0 Å². The van der Waals surface area contributed by atoms with Crippen molar-refractivity contribution in [2.24, 2.45) is 5.41 Å². The topological polar surface area (TPSA) is 49.3 Å². The summed E-state index contributed by atoms with van der Waals surface area (Å²) in [4.78, 5) is 10.9. The van der Waals surface area contributed by atoms with Gasteiger partial charge in [-0.3, -0.25) is 4.79 Å². The maximum Gasteiger partial charge on any atom is 0.304 e. The molecule has 1 spiro atoms. The average molecular weight is 211 g/mol. The summed E-state index contributed by atoms with van der Waals surface area (Å²) in [6.07, 6.45) is 9.14. The summed E-state index contributed by atoms with van der Waals surface area (Å²) in [7, 11) is 0. The summed E-state index contributed by atoms with van der Waals surface area (Å²) < 4.78 is 0. The van der Waals surface area contributed by atoms with E-state index in [9.17, 15) is 4.79 Å². The summed E-state index contributed by atoms with van der Waals surface area (Å²) in [5.74, 6) is -0.653. The molecule has 1 saturated carbocycles. The van der Waals surface area contributed by atoms with Crippen molar-refractivity contribution in [3.8, 4) is 0 Å². The molecule has 86 valence electrons. The first-order chi connectivity index (χ1) is 7.23. The van der Waals surface area contributed by atoms with Gasteiger partial charge in [-0.1, -0.05) is 19.3 Å². The molecular weight excluding hydrogens is 190 g/mol. The summed E-state index contributed by atoms with van der Waals surface area (Å²) in [6.45, 7) is 1.000. The summed E-state index contributed by atoms with van der Waals surface area (Å²) in [5.41, 5.74) is 0.314. The van der Waals surface area contributed by atoms with E-state index in [1.54, 1.807) is 0 Å². The van der Waals surface area contributed by atoms with Gasteiger partial charge >= 0.3 is 5.97 Å². The zero-order chi connectivity index (χ0) is 10.7. The van der Waals surface area contributed by atoms with Gasteiger partial charge in [0.1, 0.15) is 0 Å². The van der Waals surface area contributed by atoms with Crippen LogP contribution >= 0.6 is 0 Å². The summed E-state index contributed by atoms with van der Waals surface area (Å²) in [5, 5.41) is 12.4. The molecule has 1 aliphatic carbocycles. The zero-order valence-electron chi connectivity index (χ0n) is 9.30. The normalized spacial score (nSPS) is 30.3. The van der Waals surface area contributed by atoms with Crippen LogP contribution in [0.15, 0.2) is 0 Å². The standard InChI is InChI=1S/C12H21NO2/c14-11(15)9-10-12(7-4-8-13-10)5-2-1-3-6-12/h10,13H,1-9H2,(H,14,15)/t10-/m1/s1. The third-order valence-corrected chi connectivity index (χ3v) is 4.21. The second-order valence-electron chi connectivity index (χ2n) is 5.13. The number of nitrogens with one attached hydrogen (secondary N) is 1. The number of piperidine rings is 1. The Hall–Kier alpha value is -0.570. The van der Waals surface area contributed by atoms with Gasteiger partial charge in [0, 0.05) is 6.04 Å². The monoisotopic (exact) mass is 211 g/mol. The van der Waals surface area contributed by atoms with Crippen LogP contribution in [0.1, 0.15) is 51.4 Å². The van der Waals surface area contributed by atoms with Crippen molar-refractivity contribution in [2.75, 3.05) is 6.54 Å². The van der Waals surface area contributed by atoms with Crippen LogP contribution in [-0.2, 0) is 4.79 Å². The third-order valence-electron chi connectivity index (χ3n) is 4.21. The fourth-order valence-electron chi connectivity index (χ4n) is 3.43. The molecule has 1 saturated heterocycles. The highest BCUT2D eigenvalue weighted by Crippen LogP contribution is 2.45. The molecule has 1 heterocycles. The largest absolute Gasteiger partial charge is 0.481 e. The van der Waals surface area contributed by atoms with E-state index in [-0.39, 0.29) is 6.04 Å². The van der Waals surface area contributed by atoms with Crippen LogP contribution < -0.4 is 5.32 Å². The molecule has 2 aliphatic rings. The second kappa shape index (κ2) is 4.52. The van der Waals surface area contributed by atoms with E-state index in [4.69, 9.17) is 5.11 Å². The molecule has 0 aromatic heterocycles. The molecule has 2 fully saturated rings. The van der Waals surface area contributed by atoms with Crippen molar-refractivity contribution in [3.63, 3.8) is 0 Å². The molecule has 0 amide bonds. The van der Waals surface area contributed by atoms with Crippen molar-refractivity contribution >= 4 is 5.97 Å². The SMILES string of the molecule is O=C(O)C[C@H]1NCCCC12CCCCC2. The van der Waals surface area contributed by atoms with Crippen LogP contribution in [0, 0.1) is 5.41 Å². The Morgan fingerprint density at radius 3 is 2.53 bits per heavy atom. The van der Waals surface area contributed by atoms with Gasteiger partial charge in [0.05, 0.1) is 6.42 Å². The number of hydrogen-bond donors (Lipinski definition) is 2. The maximum absolute atomic E-state index is 10.9. The first-order valence-corrected chi connectivity index (χ1v) is 6.18. The number of aliphatic carboxylic acids is 1. The molecule has 3 heteroatoms. The van der Waals surface area contributed by atoms with Gasteiger partial charge in [-0.2, -0.15) is 0 Å². The molecule has 2 N–H and O–H groups in total. The minimum Gasteiger partial charge on any atom is -0.481 e. The highest BCUT2D eigenvalue weighted by molar-refractivity contribution is 5.67. The third kappa shape index (κ3) is 2.33. The van der Waals surface area contributed by atoms with Gasteiger partial charge in [0.15, 0.2) is 0 Å². The zero-order valence-corrected chi connectivity index (χ0v) is 9.30. The van der Waals surface area contributed by atoms with Crippen molar-refractivity contribution in [2.45, 2.75) is 57.4 Å². The Bertz CT molecular complexity index is 226. The van der Waals surface area contributed by atoms with Gasteiger partial charge in [-0.15, -0.1) is 0 Å². The number of rotatable bonds is 2. The molecule has 2 rings (SSSR count). The number of hydrogen-bond acceptors (Lipinski definition) is 2. The molecule has 1 atom stereocenters. The van der Waals surface area contributed by atoms with Gasteiger partial charge in [0.2, 0.25) is 0 Å². The van der Waals surface area contributed by atoms with Crippen molar-refractivity contribution < 1.29 is 9.90 Å². The Morgan fingerprint density at radius 1 is 1.20 bits per heavy atom. The van der Waals surface area contributed by atoms with Crippen LogP contribution in [0.3, 0.4) is 0 Å². The lowest BCUT2D eigenvalue weighted by Gasteiger charge is -2.47. The second-order valence-corrected chi connectivity index (χ2v) is 5.13. The van der Waals surface area contributed by atoms with Crippen LogP contribution in [0.4, 0.5) is 0 Å². The fraction of sp³-hybridized carbons (Fsp3) is 0.917. The van der Waals surface area contributed by atoms with Crippen molar-refractivity contribution in [1.82, 2.24) is 5.32 Å². The highest BCUT2D eigenvalue weighted by Gasteiger charge is 2.41. The molecule has 0 aromatic rings. The summed E-state index contributed by atoms with van der Waals surface area (Å²) in [6, 6.07) is 0.226. The average Bonchev–Trinajstić information content (AvgIpc) is 2.23. The van der Waals surface area contributed by atoms with Gasteiger partial charge in [0.25, 0.3) is 0 Å². The molecule has 0 unspecified atom stereocenters. The molecular formula is C12H21NO2. The Balaban J connectivity index is 2.06. The lowest BCUT2D eigenvalue weighted by atomic mass is 9.64. The molecule has 1 aliphatic heterocycles. The van der Waals surface area contributed by atoms with Crippen LogP contribution in [0.2, 0.25) is 0 Å². The summed E-state index contributed by atoms with van der Waals surface area (Å²) >= 11 is 0. The fourth-order valence-corrected chi connectivity index (χ4v) is 3.43. The number of carboxylic acid groups (broad SMARTS) is 1. The van der Waals surface area contributed by atoms with E-state index in [2.05, 4.69) is 5.32 Å². The quantitative estimate of drug-likeness (QED) is 0.736. The maximum atomic E-state index is 10.9. The molecule has 0 aromatic carbocycles. The number of carboxylic acids is 1. The predicted octanol–water partition coefficient (Wildman–Crippen LogP) is 2.16. The minimum absolute atomic E-state index is 0.226. The van der Waals surface area contributed by atoms with E-state index in [0.29, 0.717) is 11.8 Å². The lowest BCUT2D eigenvalue weighted by molar-refractivity contribution is -0.139. The Morgan fingerprint density at radius 2 is 1.87 bits per heavy atom. The smallest absolute Gasteiger partial charge is 0.304 e. The van der Waals surface area contributed by atoms with E-state index in [1.165, 1.54) is 44.9 Å². The first-order valence-electron chi connectivity index (χ1n) is 6.18. The van der Waals surface area contributed by atoms with Crippen LogP contribution in [0.25, 0.3) is 0 Å². The highest BCUT2D eigenvalue weighted by atomic mass is 16.4. The van der Waals surface area contributed by atoms with E-state index < -0.39 is 5.97 Å². The van der Waals surface area contributed by atoms with E-state index in [0.717, 1.165) is 6.54 Å². The number of carbonyl (C=O) groups is 1.